The van der Waals surface area contributed by atoms with Crippen molar-refractivity contribution in [3.63, 3.8) is 0 Å². The minimum Gasteiger partial charge on any atom is -0.314 e. The number of rotatable bonds is 2. The highest BCUT2D eigenvalue weighted by molar-refractivity contribution is 6.29. The Morgan fingerprint density at radius 2 is 2.38 bits per heavy atom. The second kappa shape index (κ2) is 5.08. The molecule has 1 N–H and O–H groups in total. The summed E-state index contributed by atoms with van der Waals surface area (Å²) in [4.78, 5) is 11.0. The van der Waals surface area contributed by atoms with Crippen LogP contribution in [0.5, 0.6) is 0 Å². The van der Waals surface area contributed by atoms with Crippen LogP contribution in [0.3, 0.4) is 0 Å². The minimum atomic E-state index is 0.525. The number of hydrogen-bond acceptors (Lipinski definition) is 4. The van der Waals surface area contributed by atoms with Crippen molar-refractivity contribution >= 4 is 11.6 Å². The first kappa shape index (κ1) is 11.8. The van der Waals surface area contributed by atoms with E-state index in [0.717, 1.165) is 37.7 Å². The zero-order valence-electron chi connectivity index (χ0n) is 9.70. The average Bonchev–Trinajstić information content (AvgIpc) is 2.20. The average molecular weight is 241 g/mol. The fraction of sp³-hybridized carbons (Fsp3) is 0.636. The van der Waals surface area contributed by atoms with Crippen LogP contribution in [-0.2, 0) is 6.54 Å². The van der Waals surface area contributed by atoms with Crippen LogP contribution < -0.4 is 5.32 Å². The third-order valence-electron chi connectivity index (χ3n) is 2.85. The number of nitrogens with one attached hydrogen (secondary N) is 1. The molecule has 1 aliphatic heterocycles. The Morgan fingerprint density at radius 1 is 1.56 bits per heavy atom. The van der Waals surface area contributed by atoms with Gasteiger partial charge in [0.25, 0.3) is 0 Å². The number of piperazine rings is 1. The van der Waals surface area contributed by atoms with Crippen molar-refractivity contribution in [2.45, 2.75) is 26.4 Å². The Kier molecular flexibility index (Phi) is 3.74. The Labute approximate surface area is 101 Å². The summed E-state index contributed by atoms with van der Waals surface area (Å²) in [6.45, 7) is 8.03. The fourth-order valence-electron chi connectivity index (χ4n) is 1.96. The van der Waals surface area contributed by atoms with Gasteiger partial charge in [0, 0.05) is 31.4 Å². The molecular weight excluding hydrogens is 224 g/mol. The molecule has 0 saturated carbocycles. The molecule has 1 saturated heterocycles. The second-order valence-electron chi connectivity index (χ2n) is 4.27. The van der Waals surface area contributed by atoms with E-state index in [1.165, 1.54) is 0 Å². The lowest BCUT2D eigenvalue weighted by Gasteiger charge is -2.33. The normalized spacial score (nSPS) is 22.3. The van der Waals surface area contributed by atoms with Crippen molar-refractivity contribution in [1.82, 2.24) is 20.2 Å². The highest BCUT2D eigenvalue weighted by Gasteiger charge is 2.18. The van der Waals surface area contributed by atoms with Gasteiger partial charge in [0.15, 0.2) is 0 Å². The van der Waals surface area contributed by atoms with E-state index in [9.17, 15) is 0 Å². The van der Waals surface area contributed by atoms with Crippen LogP contribution in [0, 0.1) is 6.92 Å². The molecule has 1 fully saturated rings. The monoisotopic (exact) mass is 240 g/mol. The maximum Gasteiger partial charge on any atom is 0.144 e. The van der Waals surface area contributed by atoms with Gasteiger partial charge in [-0.1, -0.05) is 11.6 Å². The zero-order chi connectivity index (χ0) is 11.5. The molecule has 1 aromatic rings. The lowest BCUT2D eigenvalue weighted by Crippen LogP contribution is -2.49. The molecule has 1 atom stereocenters. The molecule has 0 spiro atoms. The van der Waals surface area contributed by atoms with Crippen LogP contribution in [0.4, 0.5) is 0 Å². The number of halogens is 1. The van der Waals surface area contributed by atoms with Crippen molar-refractivity contribution in [2.24, 2.45) is 0 Å². The van der Waals surface area contributed by atoms with E-state index < -0.39 is 0 Å². The standard InChI is InChI=1S/C11H17ClN4/c1-8-5-10(12)15-11(14-8)7-16-4-3-13-6-9(16)2/h5,9,13H,3-4,6-7H2,1-2H3/t9-/m1/s1. The van der Waals surface area contributed by atoms with Crippen molar-refractivity contribution in [3.05, 3.63) is 22.7 Å². The van der Waals surface area contributed by atoms with E-state index in [1.807, 2.05) is 6.92 Å². The van der Waals surface area contributed by atoms with Crippen LogP contribution in [0.25, 0.3) is 0 Å². The van der Waals surface area contributed by atoms with Gasteiger partial charge in [0.1, 0.15) is 11.0 Å². The molecule has 16 heavy (non-hydrogen) atoms. The van der Waals surface area contributed by atoms with Crippen LogP contribution in [0.15, 0.2) is 6.07 Å². The van der Waals surface area contributed by atoms with E-state index in [-0.39, 0.29) is 0 Å². The first-order valence-corrected chi connectivity index (χ1v) is 5.98. The molecule has 2 heterocycles. The van der Waals surface area contributed by atoms with Crippen LogP contribution in [0.2, 0.25) is 5.15 Å². The highest BCUT2D eigenvalue weighted by Crippen LogP contribution is 2.10. The van der Waals surface area contributed by atoms with E-state index in [1.54, 1.807) is 6.07 Å². The van der Waals surface area contributed by atoms with Gasteiger partial charge < -0.3 is 5.32 Å². The summed E-state index contributed by atoms with van der Waals surface area (Å²) in [5, 5.41) is 3.90. The molecule has 0 bridgehead atoms. The van der Waals surface area contributed by atoms with Gasteiger partial charge in [-0.2, -0.15) is 0 Å². The van der Waals surface area contributed by atoms with Gasteiger partial charge in [0.05, 0.1) is 6.54 Å². The predicted octanol–water partition coefficient (Wildman–Crippen LogP) is 1.23. The molecule has 2 rings (SSSR count). The van der Waals surface area contributed by atoms with Crippen LogP contribution in [0.1, 0.15) is 18.4 Å². The third-order valence-corrected chi connectivity index (χ3v) is 3.05. The maximum absolute atomic E-state index is 5.92. The lowest BCUT2D eigenvalue weighted by molar-refractivity contribution is 0.161. The lowest BCUT2D eigenvalue weighted by atomic mass is 10.2. The number of nitrogens with zero attached hydrogens (tertiary/aromatic N) is 3. The van der Waals surface area contributed by atoms with Gasteiger partial charge >= 0.3 is 0 Å². The SMILES string of the molecule is Cc1cc(Cl)nc(CN2CCNC[C@H]2C)n1. The summed E-state index contributed by atoms with van der Waals surface area (Å²) >= 11 is 5.92. The number of hydrogen-bond donors (Lipinski definition) is 1. The van der Waals surface area contributed by atoms with Crippen LogP contribution in [-0.4, -0.2) is 40.5 Å². The van der Waals surface area contributed by atoms with Crippen molar-refractivity contribution in [2.75, 3.05) is 19.6 Å². The Hall–Kier alpha value is -0.710. The highest BCUT2D eigenvalue weighted by atomic mass is 35.5. The van der Waals surface area contributed by atoms with Gasteiger partial charge in [0.2, 0.25) is 0 Å². The molecule has 1 aromatic heterocycles. The third kappa shape index (κ3) is 2.90. The molecule has 4 nitrogen and oxygen atoms in total. The van der Waals surface area contributed by atoms with Crippen molar-refractivity contribution in [1.29, 1.82) is 0 Å². The largest absolute Gasteiger partial charge is 0.314 e. The molecular formula is C11H17ClN4. The van der Waals surface area contributed by atoms with E-state index >= 15 is 0 Å². The molecule has 0 radical (unpaired) electrons. The predicted molar refractivity (Wildman–Crippen MR) is 64.5 cm³/mol. The van der Waals surface area contributed by atoms with Crippen molar-refractivity contribution in [3.8, 4) is 0 Å². The summed E-state index contributed by atoms with van der Waals surface area (Å²) < 4.78 is 0. The summed E-state index contributed by atoms with van der Waals surface area (Å²) in [6, 6.07) is 2.31. The van der Waals surface area contributed by atoms with Gasteiger partial charge in [-0.15, -0.1) is 0 Å². The summed E-state index contributed by atoms with van der Waals surface area (Å²) in [6.07, 6.45) is 0. The summed E-state index contributed by atoms with van der Waals surface area (Å²) in [5.74, 6) is 0.818. The molecule has 5 heteroatoms. The summed E-state index contributed by atoms with van der Waals surface area (Å²) in [7, 11) is 0. The van der Waals surface area contributed by atoms with Gasteiger partial charge in [-0.25, -0.2) is 9.97 Å². The molecule has 1 aliphatic rings. The quantitative estimate of drug-likeness (QED) is 0.790. The zero-order valence-corrected chi connectivity index (χ0v) is 10.5. The molecule has 0 unspecified atom stereocenters. The molecule has 88 valence electrons. The van der Waals surface area contributed by atoms with Crippen molar-refractivity contribution < 1.29 is 0 Å². The Morgan fingerprint density at radius 3 is 3.06 bits per heavy atom. The first-order chi connectivity index (χ1) is 7.65. The van der Waals surface area contributed by atoms with Crippen LogP contribution >= 0.6 is 11.6 Å². The molecule has 0 aromatic carbocycles. The molecule has 0 aliphatic carbocycles. The fourth-order valence-corrected chi connectivity index (χ4v) is 2.21. The second-order valence-corrected chi connectivity index (χ2v) is 4.66. The Balaban J connectivity index is 2.07. The van der Waals surface area contributed by atoms with E-state index in [0.29, 0.717) is 11.2 Å². The number of aromatic nitrogens is 2. The maximum atomic E-state index is 5.92. The van der Waals surface area contributed by atoms with Gasteiger partial charge in [-0.3, -0.25) is 4.90 Å². The van der Waals surface area contributed by atoms with E-state index in [4.69, 9.17) is 11.6 Å². The topological polar surface area (TPSA) is 41.1 Å². The van der Waals surface area contributed by atoms with E-state index in [2.05, 4.69) is 27.1 Å². The minimum absolute atomic E-state index is 0.525. The number of aryl methyl sites for hydroxylation is 1. The first-order valence-electron chi connectivity index (χ1n) is 5.60. The summed E-state index contributed by atoms with van der Waals surface area (Å²) in [5.41, 5.74) is 0.929. The van der Waals surface area contributed by atoms with Gasteiger partial charge in [-0.05, 0) is 19.9 Å². The Bertz CT molecular complexity index is 349. The smallest absolute Gasteiger partial charge is 0.144 e. The molecule has 0 amide bonds.